The van der Waals surface area contributed by atoms with Crippen molar-refractivity contribution in [2.45, 2.75) is 44.2 Å². The van der Waals surface area contributed by atoms with E-state index in [1.54, 1.807) is 0 Å². The van der Waals surface area contributed by atoms with E-state index in [4.69, 9.17) is 0 Å². The van der Waals surface area contributed by atoms with Crippen LogP contribution < -0.4 is 5.32 Å². The summed E-state index contributed by atoms with van der Waals surface area (Å²) in [4.78, 5) is 2.69. The fourth-order valence-electron chi connectivity index (χ4n) is 3.00. The molecule has 2 aliphatic heterocycles. The molecule has 0 aromatic carbocycles. The molecule has 3 aliphatic rings. The number of nitrogens with zero attached hydrogens (tertiary/aromatic N) is 1. The van der Waals surface area contributed by atoms with Gasteiger partial charge in [-0.2, -0.15) is 11.8 Å². The maximum Gasteiger partial charge on any atom is 0.0209 e. The van der Waals surface area contributed by atoms with Crippen molar-refractivity contribution >= 4 is 11.8 Å². The van der Waals surface area contributed by atoms with E-state index in [0.717, 1.165) is 18.0 Å². The predicted octanol–water partition coefficient (Wildman–Crippen LogP) is 1.96. The molecular weight excluding hydrogens is 216 g/mol. The second-order valence-electron chi connectivity index (χ2n) is 5.74. The number of hydrogen-bond donors (Lipinski definition) is 1. The first-order chi connectivity index (χ1) is 7.90. The van der Waals surface area contributed by atoms with Crippen molar-refractivity contribution in [2.24, 2.45) is 5.92 Å². The minimum atomic E-state index is 0.798. The number of hydrogen-bond acceptors (Lipinski definition) is 3. The van der Waals surface area contributed by atoms with Gasteiger partial charge in [-0.25, -0.2) is 0 Å². The summed E-state index contributed by atoms with van der Waals surface area (Å²) in [7, 11) is 0. The lowest BCUT2D eigenvalue weighted by atomic mass is 10.1. The summed E-state index contributed by atoms with van der Waals surface area (Å²) >= 11 is 2.12. The van der Waals surface area contributed by atoms with Gasteiger partial charge in [-0.05, 0) is 56.1 Å². The molecule has 3 fully saturated rings. The van der Waals surface area contributed by atoms with Crippen molar-refractivity contribution in [3.8, 4) is 0 Å². The van der Waals surface area contributed by atoms with Crippen molar-refractivity contribution in [1.82, 2.24) is 10.2 Å². The van der Waals surface area contributed by atoms with Crippen LogP contribution in [0.3, 0.4) is 0 Å². The summed E-state index contributed by atoms with van der Waals surface area (Å²) in [5, 5.41) is 3.89. The van der Waals surface area contributed by atoms with E-state index in [2.05, 4.69) is 22.0 Å². The summed E-state index contributed by atoms with van der Waals surface area (Å²) < 4.78 is 0. The third-order valence-corrected chi connectivity index (χ3v) is 5.23. The van der Waals surface area contributed by atoms with E-state index in [-0.39, 0.29) is 0 Å². The fourth-order valence-corrected chi connectivity index (χ4v) is 4.10. The molecule has 1 N–H and O–H groups in total. The van der Waals surface area contributed by atoms with Crippen LogP contribution in [0.25, 0.3) is 0 Å². The molecule has 2 nitrogen and oxygen atoms in total. The lowest BCUT2D eigenvalue weighted by molar-refractivity contribution is 0.307. The average Bonchev–Trinajstić information content (AvgIpc) is 3.01. The monoisotopic (exact) mass is 240 g/mol. The zero-order valence-electron chi connectivity index (χ0n) is 10.2. The molecule has 1 aliphatic carbocycles. The zero-order chi connectivity index (χ0) is 10.8. The van der Waals surface area contributed by atoms with Crippen molar-refractivity contribution in [3.63, 3.8) is 0 Å². The lowest BCUT2D eigenvalue weighted by Crippen LogP contribution is -2.42. The van der Waals surface area contributed by atoms with Gasteiger partial charge >= 0.3 is 0 Å². The maximum absolute atomic E-state index is 3.89. The predicted molar refractivity (Wildman–Crippen MR) is 71.1 cm³/mol. The third kappa shape index (κ3) is 3.14. The first-order valence-electron chi connectivity index (χ1n) is 6.96. The summed E-state index contributed by atoms with van der Waals surface area (Å²) in [6, 6.07) is 1.62. The maximum atomic E-state index is 3.89. The molecule has 0 spiro atoms. The van der Waals surface area contributed by atoms with Crippen molar-refractivity contribution in [2.75, 3.05) is 31.1 Å². The highest BCUT2D eigenvalue weighted by Gasteiger charge is 2.30. The van der Waals surface area contributed by atoms with Gasteiger partial charge in [-0.3, -0.25) is 0 Å². The standard InChI is InChI=1S/C13H24N2S/c1-2-11(1)9-15-6-3-13(10-15)14-12-4-7-16-8-5-12/h11-14H,1-10H2. The molecule has 2 saturated heterocycles. The Labute approximate surface area is 104 Å². The van der Waals surface area contributed by atoms with Gasteiger partial charge in [0.25, 0.3) is 0 Å². The van der Waals surface area contributed by atoms with Crippen LogP contribution >= 0.6 is 11.8 Å². The molecule has 1 unspecified atom stereocenters. The second-order valence-corrected chi connectivity index (χ2v) is 6.97. The van der Waals surface area contributed by atoms with E-state index in [9.17, 15) is 0 Å². The molecule has 0 bridgehead atoms. The largest absolute Gasteiger partial charge is 0.310 e. The van der Waals surface area contributed by atoms with Crippen LogP contribution in [0.1, 0.15) is 32.1 Å². The molecule has 16 heavy (non-hydrogen) atoms. The van der Waals surface area contributed by atoms with E-state index in [1.165, 1.54) is 63.2 Å². The van der Waals surface area contributed by atoms with Crippen LogP contribution in [-0.2, 0) is 0 Å². The third-order valence-electron chi connectivity index (χ3n) is 4.18. The first-order valence-corrected chi connectivity index (χ1v) is 8.12. The van der Waals surface area contributed by atoms with Crippen molar-refractivity contribution in [3.05, 3.63) is 0 Å². The van der Waals surface area contributed by atoms with E-state index < -0.39 is 0 Å². The minimum Gasteiger partial charge on any atom is -0.310 e. The Bertz CT molecular complexity index is 224. The molecule has 92 valence electrons. The number of thioether (sulfide) groups is 1. The van der Waals surface area contributed by atoms with Gasteiger partial charge in [-0.15, -0.1) is 0 Å². The highest BCUT2D eigenvalue weighted by molar-refractivity contribution is 7.99. The summed E-state index contributed by atoms with van der Waals surface area (Å²) in [5.41, 5.74) is 0. The first kappa shape index (κ1) is 11.4. The number of nitrogens with one attached hydrogen (secondary N) is 1. The number of rotatable bonds is 4. The Hall–Kier alpha value is 0.270. The molecule has 3 rings (SSSR count). The highest BCUT2D eigenvalue weighted by Crippen LogP contribution is 2.30. The topological polar surface area (TPSA) is 15.3 Å². The van der Waals surface area contributed by atoms with Crippen LogP contribution in [0, 0.1) is 5.92 Å². The summed E-state index contributed by atoms with van der Waals surface area (Å²) in [6.07, 6.45) is 7.16. The van der Waals surface area contributed by atoms with Crippen molar-refractivity contribution < 1.29 is 0 Å². The highest BCUT2D eigenvalue weighted by atomic mass is 32.2. The quantitative estimate of drug-likeness (QED) is 0.809. The van der Waals surface area contributed by atoms with Gasteiger partial charge in [0.1, 0.15) is 0 Å². The van der Waals surface area contributed by atoms with Crippen LogP contribution in [0.15, 0.2) is 0 Å². The van der Waals surface area contributed by atoms with Gasteiger partial charge in [0.05, 0.1) is 0 Å². The normalized spacial score (nSPS) is 33.4. The van der Waals surface area contributed by atoms with E-state index in [0.29, 0.717) is 0 Å². The Balaban J connectivity index is 1.38. The van der Waals surface area contributed by atoms with Crippen LogP contribution in [0.4, 0.5) is 0 Å². The molecule has 3 heteroatoms. The molecule has 0 aromatic rings. The second kappa shape index (κ2) is 5.28. The Morgan fingerprint density at radius 2 is 1.81 bits per heavy atom. The molecule has 0 radical (unpaired) electrons. The number of likely N-dealkylation sites (tertiary alicyclic amines) is 1. The Morgan fingerprint density at radius 3 is 2.56 bits per heavy atom. The van der Waals surface area contributed by atoms with Crippen LogP contribution in [0.2, 0.25) is 0 Å². The van der Waals surface area contributed by atoms with Gasteiger partial charge in [0.2, 0.25) is 0 Å². The van der Waals surface area contributed by atoms with Crippen molar-refractivity contribution in [1.29, 1.82) is 0 Å². The molecule has 0 amide bonds. The van der Waals surface area contributed by atoms with Gasteiger partial charge < -0.3 is 10.2 Å². The minimum absolute atomic E-state index is 0.798. The molecule has 2 heterocycles. The van der Waals surface area contributed by atoms with E-state index >= 15 is 0 Å². The Morgan fingerprint density at radius 1 is 1.00 bits per heavy atom. The SMILES string of the molecule is C1CC(NC2CCN(CC3CC3)C2)CCS1. The Kier molecular flexibility index (Phi) is 3.75. The van der Waals surface area contributed by atoms with Gasteiger partial charge in [0, 0.05) is 25.2 Å². The van der Waals surface area contributed by atoms with Gasteiger partial charge in [-0.1, -0.05) is 0 Å². The molecule has 1 atom stereocenters. The average molecular weight is 240 g/mol. The summed E-state index contributed by atoms with van der Waals surface area (Å²) in [5.74, 6) is 3.80. The zero-order valence-corrected chi connectivity index (χ0v) is 11.0. The molecule has 0 aromatic heterocycles. The van der Waals surface area contributed by atoms with Crippen LogP contribution in [0.5, 0.6) is 0 Å². The van der Waals surface area contributed by atoms with Crippen LogP contribution in [-0.4, -0.2) is 48.1 Å². The summed E-state index contributed by atoms with van der Waals surface area (Å²) in [6.45, 7) is 4.05. The smallest absolute Gasteiger partial charge is 0.0209 e. The lowest BCUT2D eigenvalue weighted by Gasteiger charge is -2.26. The van der Waals surface area contributed by atoms with E-state index in [1.807, 2.05) is 0 Å². The molecule has 1 saturated carbocycles. The van der Waals surface area contributed by atoms with Gasteiger partial charge in [0.15, 0.2) is 0 Å². The fraction of sp³-hybridized carbons (Fsp3) is 1.00. The molecular formula is C13H24N2S.